The van der Waals surface area contributed by atoms with Crippen molar-refractivity contribution in [2.45, 2.75) is 19.4 Å². The molecule has 4 heteroatoms. The number of carbonyl (C=O) groups is 1. The highest BCUT2D eigenvalue weighted by Crippen LogP contribution is 2.35. The summed E-state index contributed by atoms with van der Waals surface area (Å²) in [5.74, 6) is -0.976. The summed E-state index contributed by atoms with van der Waals surface area (Å²) in [6.45, 7) is 2.08. The Hall–Kier alpha value is -2.49. The van der Waals surface area contributed by atoms with Gasteiger partial charge in [-0.1, -0.05) is 43.3 Å². The first-order valence-electron chi connectivity index (χ1n) is 7.60. The molecule has 0 N–H and O–H groups in total. The smallest absolute Gasteiger partial charge is 0.223 e. The number of rotatable bonds is 3. The molecule has 3 rings (SSSR count). The van der Waals surface area contributed by atoms with Crippen molar-refractivity contribution < 1.29 is 13.6 Å². The second-order valence-corrected chi connectivity index (χ2v) is 5.55. The van der Waals surface area contributed by atoms with Crippen molar-refractivity contribution in [1.82, 2.24) is 4.90 Å². The maximum absolute atomic E-state index is 14.1. The molecule has 0 fully saturated rings. The summed E-state index contributed by atoms with van der Waals surface area (Å²) < 4.78 is 27.5. The van der Waals surface area contributed by atoms with Crippen LogP contribution in [-0.4, -0.2) is 17.4 Å². The monoisotopic (exact) mass is 313 g/mol. The summed E-state index contributed by atoms with van der Waals surface area (Å²) in [7, 11) is 0. The predicted molar refractivity (Wildman–Crippen MR) is 85.5 cm³/mol. The van der Waals surface area contributed by atoms with Crippen molar-refractivity contribution in [3.63, 3.8) is 0 Å². The summed E-state index contributed by atoms with van der Waals surface area (Å²) >= 11 is 0. The first-order chi connectivity index (χ1) is 11.1. The average Bonchev–Trinajstić information content (AvgIpc) is 3.02. The van der Waals surface area contributed by atoms with Crippen LogP contribution in [0.15, 0.2) is 54.6 Å². The van der Waals surface area contributed by atoms with Crippen LogP contribution in [0, 0.1) is 11.6 Å². The minimum atomic E-state index is -0.487. The van der Waals surface area contributed by atoms with Gasteiger partial charge in [0, 0.05) is 18.5 Å². The number of halogens is 2. The van der Waals surface area contributed by atoms with Gasteiger partial charge in [0.15, 0.2) is 0 Å². The fourth-order valence-corrected chi connectivity index (χ4v) is 2.91. The molecule has 1 heterocycles. The Kier molecular flexibility index (Phi) is 4.24. The Morgan fingerprint density at radius 2 is 1.91 bits per heavy atom. The van der Waals surface area contributed by atoms with Gasteiger partial charge in [0.25, 0.3) is 0 Å². The van der Waals surface area contributed by atoms with E-state index in [9.17, 15) is 13.6 Å². The van der Waals surface area contributed by atoms with Crippen molar-refractivity contribution in [1.29, 1.82) is 0 Å². The molecule has 2 nitrogen and oxygen atoms in total. The third-order valence-electron chi connectivity index (χ3n) is 4.07. The lowest BCUT2D eigenvalue weighted by atomic mass is 10.0. The molecule has 118 valence electrons. The first kappa shape index (κ1) is 15.4. The van der Waals surface area contributed by atoms with E-state index in [1.54, 1.807) is 11.8 Å². The summed E-state index contributed by atoms with van der Waals surface area (Å²) in [5.41, 5.74) is 1.82. The normalized spacial score (nSPS) is 17.3. The van der Waals surface area contributed by atoms with Crippen LogP contribution in [0.4, 0.5) is 8.78 Å². The molecule has 1 aliphatic heterocycles. The van der Waals surface area contributed by atoms with E-state index in [0.717, 1.165) is 17.7 Å². The zero-order valence-electron chi connectivity index (χ0n) is 12.8. The summed E-state index contributed by atoms with van der Waals surface area (Å²) in [6.07, 6.45) is 2.22. The van der Waals surface area contributed by atoms with Gasteiger partial charge in [-0.2, -0.15) is 0 Å². The van der Waals surface area contributed by atoms with Crippen molar-refractivity contribution in [3.8, 4) is 0 Å². The van der Waals surface area contributed by atoms with Crippen molar-refractivity contribution in [2.24, 2.45) is 0 Å². The molecule has 0 radical (unpaired) electrons. The van der Waals surface area contributed by atoms with Crippen LogP contribution in [0.5, 0.6) is 0 Å². The van der Waals surface area contributed by atoms with Crippen molar-refractivity contribution in [2.75, 3.05) is 6.54 Å². The Labute approximate surface area is 134 Å². The topological polar surface area (TPSA) is 20.3 Å². The molecular formula is C19H17F2NO. The maximum Gasteiger partial charge on any atom is 0.223 e. The van der Waals surface area contributed by atoms with Crippen LogP contribution in [0.2, 0.25) is 0 Å². The lowest BCUT2D eigenvalue weighted by molar-refractivity contribution is -0.131. The van der Waals surface area contributed by atoms with E-state index in [1.807, 2.05) is 36.4 Å². The Balaban J connectivity index is 2.03. The highest BCUT2D eigenvalue weighted by atomic mass is 19.1. The molecule has 1 aliphatic rings. The van der Waals surface area contributed by atoms with Crippen LogP contribution in [0.3, 0.4) is 0 Å². The summed E-state index contributed by atoms with van der Waals surface area (Å²) in [5, 5.41) is 0. The third kappa shape index (κ3) is 3.02. The zero-order chi connectivity index (χ0) is 16.4. The second kappa shape index (κ2) is 6.32. The molecule has 0 saturated carbocycles. The minimum absolute atomic E-state index is 0.0121. The van der Waals surface area contributed by atoms with Crippen LogP contribution in [-0.2, 0) is 4.79 Å². The molecule has 0 spiro atoms. The molecular weight excluding hydrogens is 296 g/mol. The standard InChI is InChI=1S/C19H17F2NO/c1-2-19(23)22-12-14(16-11-15(20)8-9-17(16)21)10-18(22)13-6-4-3-5-7-13/h3-11,18H,2,12H2,1H3/t18-/m0/s1. The van der Waals surface area contributed by atoms with Crippen molar-refractivity contribution in [3.05, 3.63) is 77.4 Å². The van der Waals surface area contributed by atoms with Gasteiger partial charge in [-0.3, -0.25) is 4.79 Å². The number of hydrogen-bond donors (Lipinski definition) is 0. The van der Waals surface area contributed by atoms with Gasteiger partial charge in [0.1, 0.15) is 11.6 Å². The van der Waals surface area contributed by atoms with Gasteiger partial charge in [0.05, 0.1) is 6.04 Å². The molecule has 0 saturated heterocycles. The van der Waals surface area contributed by atoms with E-state index in [-0.39, 0.29) is 24.1 Å². The molecule has 0 unspecified atom stereocenters. The minimum Gasteiger partial charge on any atom is -0.328 e. The molecule has 0 aromatic heterocycles. The molecule has 0 aliphatic carbocycles. The van der Waals surface area contributed by atoms with E-state index in [4.69, 9.17) is 0 Å². The molecule has 0 bridgehead atoms. The van der Waals surface area contributed by atoms with Crippen molar-refractivity contribution >= 4 is 11.5 Å². The highest BCUT2D eigenvalue weighted by molar-refractivity contribution is 5.83. The molecule has 1 atom stereocenters. The van der Waals surface area contributed by atoms with Gasteiger partial charge in [-0.15, -0.1) is 0 Å². The number of benzene rings is 2. The van der Waals surface area contributed by atoms with Crippen LogP contribution < -0.4 is 0 Å². The summed E-state index contributed by atoms with van der Waals surface area (Å²) in [4.78, 5) is 14.0. The quantitative estimate of drug-likeness (QED) is 0.825. The van der Waals surface area contributed by atoms with Gasteiger partial charge in [-0.25, -0.2) is 8.78 Å². The lowest BCUT2D eigenvalue weighted by Gasteiger charge is -2.24. The molecule has 23 heavy (non-hydrogen) atoms. The first-order valence-corrected chi connectivity index (χ1v) is 7.60. The average molecular weight is 313 g/mol. The van der Waals surface area contributed by atoms with E-state index in [1.165, 1.54) is 6.07 Å². The summed E-state index contributed by atoms with van der Waals surface area (Å²) in [6, 6.07) is 12.7. The Morgan fingerprint density at radius 3 is 2.61 bits per heavy atom. The van der Waals surface area contributed by atoms with Crippen LogP contribution in [0.1, 0.15) is 30.5 Å². The molecule has 1 amide bonds. The number of carbonyl (C=O) groups excluding carboxylic acids is 1. The predicted octanol–water partition coefficient (Wildman–Crippen LogP) is 4.34. The fraction of sp³-hybridized carbons (Fsp3) is 0.211. The third-order valence-corrected chi connectivity index (χ3v) is 4.07. The largest absolute Gasteiger partial charge is 0.328 e. The lowest BCUT2D eigenvalue weighted by Crippen LogP contribution is -2.30. The van der Waals surface area contributed by atoms with Crippen LogP contribution in [0.25, 0.3) is 5.57 Å². The van der Waals surface area contributed by atoms with Gasteiger partial charge in [0.2, 0.25) is 5.91 Å². The zero-order valence-corrected chi connectivity index (χ0v) is 12.8. The molecule has 2 aromatic rings. The highest BCUT2D eigenvalue weighted by Gasteiger charge is 2.30. The number of amides is 1. The van der Waals surface area contributed by atoms with E-state index >= 15 is 0 Å². The van der Waals surface area contributed by atoms with E-state index in [2.05, 4.69) is 0 Å². The van der Waals surface area contributed by atoms with Gasteiger partial charge in [-0.05, 0) is 29.3 Å². The van der Waals surface area contributed by atoms with E-state index in [0.29, 0.717) is 12.0 Å². The Morgan fingerprint density at radius 1 is 1.17 bits per heavy atom. The van der Waals surface area contributed by atoms with E-state index < -0.39 is 11.6 Å². The Bertz CT molecular complexity index is 755. The van der Waals surface area contributed by atoms with Gasteiger partial charge < -0.3 is 4.90 Å². The molecule has 2 aromatic carbocycles. The second-order valence-electron chi connectivity index (χ2n) is 5.55. The van der Waals surface area contributed by atoms with Crippen LogP contribution >= 0.6 is 0 Å². The fourth-order valence-electron chi connectivity index (χ4n) is 2.91. The van der Waals surface area contributed by atoms with Gasteiger partial charge >= 0.3 is 0 Å². The SMILES string of the molecule is CCC(=O)N1CC(c2cc(F)ccc2F)=C[C@H]1c1ccccc1. The number of hydrogen-bond acceptors (Lipinski definition) is 1. The number of nitrogens with zero attached hydrogens (tertiary/aromatic N) is 1. The maximum atomic E-state index is 14.1.